The van der Waals surface area contributed by atoms with Crippen LogP contribution in [0.3, 0.4) is 0 Å². The number of hydrogen-bond acceptors (Lipinski definition) is 3. The molecule has 0 N–H and O–H groups in total. The molecule has 0 unspecified atom stereocenters. The molecule has 0 spiro atoms. The van der Waals surface area contributed by atoms with Crippen LogP contribution in [0.1, 0.15) is 21.6 Å². The van der Waals surface area contributed by atoms with Crippen LogP contribution in [0.15, 0.2) is 91.0 Å². The molecule has 0 aliphatic heterocycles. The van der Waals surface area contributed by atoms with Crippen LogP contribution < -0.4 is 0 Å². The van der Waals surface area contributed by atoms with Crippen molar-refractivity contribution in [3.05, 3.63) is 108 Å². The van der Waals surface area contributed by atoms with E-state index >= 15 is 0 Å². The van der Waals surface area contributed by atoms with Crippen molar-refractivity contribution >= 4 is 5.91 Å². The minimum Gasteiger partial charge on any atom is -0.332 e. The van der Waals surface area contributed by atoms with Gasteiger partial charge < -0.3 is 9.80 Å². The molecule has 0 atom stereocenters. The summed E-state index contributed by atoms with van der Waals surface area (Å²) in [7, 11) is 4.05. The number of rotatable bonds is 8. The Labute approximate surface area is 195 Å². The van der Waals surface area contributed by atoms with Crippen LogP contribution in [0.2, 0.25) is 0 Å². The highest BCUT2D eigenvalue weighted by Gasteiger charge is 2.23. The van der Waals surface area contributed by atoms with Crippen LogP contribution in [-0.4, -0.2) is 52.7 Å². The van der Waals surface area contributed by atoms with Crippen LogP contribution in [0.4, 0.5) is 0 Å². The minimum atomic E-state index is -0.0307. The molecule has 0 saturated carbocycles. The lowest BCUT2D eigenvalue weighted by Gasteiger charge is -2.25. The Morgan fingerprint density at radius 2 is 1.55 bits per heavy atom. The number of nitrogens with zero attached hydrogens (tertiary/aromatic N) is 4. The molecule has 1 amide bonds. The fraction of sp³-hybridized carbons (Fsp3) is 0.214. The minimum absolute atomic E-state index is 0.0307. The fourth-order valence-electron chi connectivity index (χ4n) is 3.78. The Hall–Kier alpha value is -3.70. The Morgan fingerprint density at radius 1 is 0.848 bits per heavy atom. The Morgan fingerprint density at radius 3 is 2.21 bits per heavy atom. The maximum Gasteiger partial charge on any atom is 0.272 e. The van der Waals surface area contributed by atoms with E-state index in [0.29, 0.717) is 18.8 Å². The van der Waals surface area contributed by atoms with E-state index in [1.165, 1.54) is 0 Å². The van der Waals surface area contributed by atoms with Crippen molar-refractivity contribution in [3.63, 3.8) is 0 Å². The van der Waals surface area contributed by atoms with E-state index in [4.69, 9.17) is 5.10 Å². The molecule has 1 aromatic heterocycles. The normalized spacial score (nSPS) is 11.0. The summed E-state index contributed by atoms with van der Waals surface area (Å²) in [5.74, 6) is -0.0307. The third kappa shape index (κ3) is 5.57. The summed E-state index contributed by atoms with van der Waals surface area (Å²) in [4.78, 5) is 17.9. The summed E-state index contributed by atoms with van der Waals surface area (Å²) >= 11 is 0. The zero-order valence-electron chi connectivity index (χ0n) is 19.5. The average molecular weight is 439 g/mol. The van der Waals surface area contributed by atoms with Crippen molar-refractivity contribution in [1.82, 2.24) is 19.6 Å². The number of hydrogen-bond donors (Lipinski definition) is 0. The van der Waals surface area contributed by atoms with Gasteiger partial charge in [0.05, 0.1) is 11.4 Å². The summed E-state index contributed by atoms with van der Waals surface area (Å²) in [5, 5.41) is 4.86. The van der Waals surface area contributed by atoms with E-state index in [9.17, 15) is 4.79 Å². The summed E-state index contributed by atoms with van der Waals surface area (Å²) in [6.07, 6.45) is 0. The molecule has 4 rings (SSSR count). The third-order valence-corrected chi connectivity index (χ3v) is 5.56. The summed E-state index contributed by atoms with van der Waals surface area (Å²) in [6, 6.07) is 30.1. The van der Waals surface area contributed by atoms with E-state index in [2.05, 4.69) is 23.1 Å². The second kappa shape index (κ2) is 10.3. The van der Waals surface area contributed by atoms with Crippen LogP contribution >= 0.6 is 0 Å². The van der Waals surface area contributed by atoms with Crippen molar-refractivity contribution < 1.29 is 4.79 Å². The van der Waals surface area contributed by atoms with E-state index in [-0.39, 0.29) is 5.91 Å². The fourth-order valence-corrected chi connectivity index (χ4v) is 3.78. The van der Waals surface area contributed by atoms with Gasteiger partial charge in [-0.25, -0.2) is 4.68 Å². The Kier molecular flexibility index (Phi) is 7.01. The van der Waals surface area contributed by atoms with Gasteiger partial charge in [0, 0.05) is 25.2 Å². The molecular weight excluding hydrogens is 408 g/mol. The van der Waals surface area contributed by atoms with Crippen LogP contribution in [0.5, 0.6) is 0 Å². The molecule has 0 aliphatic carbocycles. The molecule has 0 aliphatic rings. The van der Waals surface area contributed by atoms with Gasteiger partial charge in [0.1, 0.15) is 5.69 Å². The molecule has 3 aromatic carbocycles. The monoisotopic (exact) mass is 438 g/mol. The summed E-state index contributed by atoms with van der Waals surface area (Å²) < 4.78 is 1.78. The molecule has 168 valence electrons. The molecule has 5 heteroatoms. The second-order valence-electron chi connectivity index (χ2n) is 8.55. The number of carbonyl (C=O) groups excluding carboxylic acids is 1. The van der Waals surface area contributed by atoms with Crippen molar-refractivity contribution in [2.24, 2.45) is 0 Å². The van der Waals surface area contributed by atoms with Gasteiger partial charge in [-0.15, -0.1) is 0 Å². The molecular formula is C28H30N4O. The topological polar surface area (TPSA) is 41.4 Å². The van der Waals surface area contributed by atoms with Crippen molar-refractivity contribution in [2.45, 2.75) is 13.5 Å². The standard InChI is InChI=1S/C28H30N4O/c1-22-11-10-16-25(19-22)32-27(20-26(29-32)24-14-8-5-9-15-24)28(33)31(18-17-30(2)3)21-23-12-6-4-7-13-23/h4-16,19-20H,17-18,21H2,1-3H3. The number of aryl methyl sites for hydroxylation is 1. The summed E-state index contributed by atoms with van der Waals surface area (Å²) in [6.45, 7) is 4.00. The first-order valence-corrected chi connectivity index (χ1v) is 11.2. The zero-order valence-corrected chi connectivity index (χ0v) is 19.5. The van der Waals surface area contributed by atoms with E-state index < -0.39 is 0 Å². The SMILES string of the molecule is Cc1cccc(-n2nc(-c3ccccc3)cc2C(=O)N(CCN(C)C)Cc2ccccc2)c1. The Bertz CT molecular complexity index is 1200. The lowest BCUT2D eigenvalue weighted by atomic mass is 10.1. The quantitative estimate of drug-likeness (QED) is 0.386. The van der Waals surface area contributed by atoms with Crippen LogP contribution in [-0.2, 0) is 6.54 Å². The lowest BCUT2D eigenvalue weighted by molar-refractivity contribution is 0.0722. The number of aromatic nitrogens is 2. The molecule has 4 aromatic rings. The average Bonchev–Trinajstić information content (AvgIpc) is 3.28. The smallest absolute Gasteiger partial charge is 0.272 e. The number of benzene rings is 3. The van der Waals surface area contributed by atoms with Gasteiger partial charge in [0.2, 0.25) is 0 Å². The first-order valence-electron chi connectivity index (χ1n) is 11.2. The van der Waals surface area contributed by atoms with Crippen molar-refractivity contribution in [1.29, 1.82) is 0 Å². The highest BCUT2D eigenvalue weighted by molar-refractivity contribution is 5.94. The molecule has 0 radical (unpaired) electrons. The van der Waals surface area contributed by atoms with Gasteiger partial charge in [-0.3, -0.25) is 4.79 Å². The number of carbonyl (C=O) groups is 1. The first kappa shape index (κ1) is 22.5. The van der Waals surface area contributed by atoms with Gasteiger partial charge in [0.25, 0.3) is 5.91 Å². The van der Waals surface area contributed by atoms with Crippen molar-refractivity contribution in [3.8, 4) is 16.9 Å². The highest BCUT2D eigenvalue weighted by atomic mass is 16.2. The largest absolute Gasteiger partial charge is 0.332 e. The highest BCUT2D eigenvalue weighted by Crippen LogP contribution is 2.23. The van der Waals surface area contributed by atoms with Gasteiger partial charge in [-0.1, -0.05) is 72.8 Å². The molecule has 0 bridgehead atoms. The predicted octanol–water partition coefficient (Wildman–Crippen LogP) is 5.05. The van der Waals surface area contributed by atoms with E-state index in [1.54, 1.807) is 4.68 Å². The molecule has 1 heterocycles. The van der Waals surface area contributed by atoms with Gasteiger partial charge in [-0.2, -0.15) is 5.10 Å². The lowest BCUT2D eigenvalue weighted by Crippen LogP contribution is -2.37. The third-order valence-electron chi connectivity index (χ3n) is 5.56. The number of amides is 1. The van der Waals surface area contributed by atoms with Crippen LogP contribution in [0, 0.1) is 6.92 Å². The zero-order chi connectivity index (χ0) is 23.2. The summed E-state index contributed by atoms with van der Waals surface area (Å²) in [5.41, 5.74) is 5.45. The van der Waals surface area contributed by atoms with Gasteiger partial charge >= 0.3 is 0 Å². The molecule has 0 saturated heterocycles. The van der Waals surface area contributed by atoms with E-state index in [1.807, 2.05) is 98.7 Å². The second-order valence-corrected chi connectivity index (χ2v) is 8.55. The van der Waals surface area contributed by atoms with Crippen LogP contribution in [0.25, 0.3) is 16.9 Å². The van der Waals surface area contributed by atoms with Gasteiger partial charge in [0.15, 0.2) is 0 Å². The number of likely N-dealkylation sites (N-methyl/N-ethyl adjacent to an activating group) is 1. The molecule has 33 heavy (non-hydrogen) atoms. The molecule has 0 fully saturated rings. The van der Waals surface area contributed by atoms with Crippen molar-refractivity contribution in [2.75, 3.05) is 27.2 Å². The molecule has 5 nitrogen and oxygen atoms in total. The predicted molar refractivity (Wildman–Crippen MR) is 133 cm³/mol. The maximum atomic E-state index is 13.9. The first-order chi connectivity index (χ1) is 16.0. The maximum absolute atomic E-state index is 13.9. The van der Waals surface area contributed by atoms with Gasteiger partial charge in [-0.05, 0) is 50.3 Å². The Balaban J connectivity index is 1.76. The van der Waals surface area contributed by atoms with E-state index in [0.717, 1.165) is 34.6 Å².